The van der Waals surface area contributed by atoms with E-state index in [-0.39, 0.29) is 7.43 Å². The standard InChI is InChI=1S/C10H9N.CH4/c1-8-2-3-10-7-11-5-4-9(10)6-8;/h2-7H,1H3;1H4. The third-order valence-electron chi connectivity index (χ3n) is 1.80. The second kappa shape index (κ2) is 3.35. The van der Waals surface area contributed by atoms with Gasteiger partial charge in [-0.15, -0.1) is 0 Å². The first-order valence-electron chi connectivity index (χ1n) is 3.67. The fourth-order valence-electron chi connectivity index (χ4n) is 1.20. The molecule has 0 aliphatic carbocycles. The van der Waals surface area contributed by atoms with Gasteiger partial charge in [0.05, 0.1) is 0 Å². The van der Waals surface area contributed by atoms with Gasteiger partial charge in [0.15, 0.2) is 0 Å². The minimum absolute atomic E-state index is 0. The zero-order chi connectivity index (χ0) is 7.68. The summed E-state index contributed by atoms with van der Waals surface area (Å²) >= 11 is 0. The highest BCUT2D eigenvalue weighted by molar-refractivity contribution is 5.81. The zero-order valence-electron chi connectivity index (χ0n) is 6.41. The van der Waals surface area contributed by atoms with Crippen LogP contribution in [0, 0.1) is 6.92 Å². The maximum atomic E-state index is 4.04. The highest BCUT2D eigenvalue weighted by Crippen LogP contribution is 2.12. The summed E-state index contributed by atoms with van der Waals surface area (Å²) in [5.41, 5.74) is 1.30. The van der Waals surface area contributed by atoms with E-state index < -0.39 is 0 Å². The molecule has 62 valence electrons. The van der Waals surface area contributed by atoms with Crippen LogP contribution in [0.4, 0.5) is 0 Å². The maximum Gasteiger partial charge on any atom is 0.0346 e. The molecule has 2 aromatic rings. The topological polar surface area (TPSA) is 12.9 Å². The van der Waals surface area contributed by atoms with Gasteiger partial charge in [0.1, 0.15) is 0 Å². The first-order chi connectivity index (χ1) is 5.36. The van der Waals surface area contributed by atoms with Crippen molar-refractivity contribution >= 4 is 10.8 Å². The van der Waals surface area contributed by atoms with Crippen molar-refractivity contribution in [1.82, 2.24) is 4.98 Å². The number of pyridine rings is 1. The van der Waals surface area contributed by atoms with Crippen LogP contribution in [0.2, 0.25) is 0 Å². The zero-order valence-corrected chi connectivity index (χ0v) is 6.41. The van der Waals surface area contributed by atoms with Crippen LogP contribution >= 0.6 is 0 Å². The molecule has 0 unspecified atom stereocenters. The first-order valence-corrected chi connectivity index (χ1v) is 3.67. The fraction of sp³-hybridized carbons (Fsp3) is 0.182. The molecule has 1 nitrogen and oxygen atoms in total. The molecule has 0 atom stereocenters. The van der Waals surface area contributed by atoms with Crippen molar-refractivity contribution in [2.75, 3.05) is 0 Å². The Labute approximate surface area is 73.1 Å². The largest absolute Gasteiger partial charge is 0.264 e. The Morgan fingerprint density at radius 2 is 1.92 bits per heavy atom. The molecular formula is C11H13N. The smallest absolute Gasteiger partial charge is 0.0346 e. The molecule has 2 rings (SSSR count). The Bertz CT molecular complexity index is 379. The predicted octanol–water partition coefficient (Wildman–Crippen LogP) is 3.18. The van der Waals surface area contributed by atoms with Gasteiger partial charge in [0.25, 0.3) is 0 Å². The summed E-state index contributed by atoms with van der Waals surface area (Å²) < 4.78 is 0. The average molecular weight is 159 g/mol. The molecule has 0 saturated carbocycles. The van der Waals surface area contributed by atoms with Crippen LogP contribution in [-0.4, -0.2) is 4.98 Å². The Hall–Kier alpha value is -1.37. The van der Waals surface area contributed by atoms with E-state index in [0.29, 0.717) is 0 Å². The normalized spacial score (nSPS) is 9.42. The quantitative estimate of drug-likeness (QED) is 0.575. The van der Waals surface area contributed by atoms with Crippen molar-refractivity contribution in [2.45, 2.75) is 14.4 Å². The summed E-state index contributed by atoms with van der Waals surface area (Å²) in [6.45, 7) is 2.10. The van der Waals surface area contributed by atoms with Crippen molar-refractivity contribution in [3.05, 3.63) is 42.2 Å². The number of aromatic nitrogens is 1. The number of benzene rings is 1. The van der Waals surface area contributed by atoms with E-state index in [1.807, 2.05) is 18.5 Å². The number of nitrogens with zero attached hydrogens (tertiary/aromatic N) is 1. The van der Waals surface area contributed by atoms with Crippen LogP contribution in [0.15, 0.2) is 36.7 Å². The van der Waals surface area contributed by atoms with Gasteiger partial charge in [0.2, 0.25) is 0 Å². The SMILES string of the molecule is C.Cc1ccc2cnccc2c1. The van der Waals surface area contributed by atoms with Gasteiger partial charge in [-0.25, -0.2) is 0 Å². The molecule has 1 heteroatoms. The van der Waals surface area contributed by atoms with Crippen LogP contribution in [-0.2, 0) is 0 Å². The minimum Gasteiger partial charge on any atom is -0.264 e. The molecule has 0 bridgehead atoms. The molecule has 0 radical (unpaired) electrons. The van der Waals surface area contributed by atoms with Crippen molar-refractivity contribution in [3.8, 4) is 0 Å². The third kappa shape index (κ3) is 1.45. The maximum absolute atomic E-state index is 4.04. The molecule has 0 aliphatic heterocycles. The Morgan fingerprint density at radius 3 is 2.75 bits per heavy atom. The number of rotatable bonds is 0. The molecule has 12 heavy (non-hydrogen) atoms. The number of fused-ring (bicyclic) bond motifs is 1. The lowest BCUT2D eigenvalue weighted by Gasteiger charge is -1.96. The molecular weight excluding hydrogens is 146 g/mol. The summed E-state index contributed by atoms with van der Waals surface area (Å²) in [4.78, 5) is 4.04. The van der Waals surface area contributed by atoms with Gasteiger partial charge < -0.3 is 0 Å². The molecule has 1 heterocycles. The van der Waals surface area contributed by atoms with Crippen molar-refractivity contribution in [2.24, 2.45) is 0 Å². The van der Waals surface area contributed by atoms with E-state index in [1.165, 1.54) is 16.3 Å². The second-order valence-electron chi connectivity index (χ2n) is 2.73. The fourth-order valence-corrected chi connectivity index (χ4v) is 1.20. The summed E-state index contributed by atoms with van der Waals surface area (Å²) in [6, 6.07) is 8.39. The average Bonchev–Trinajstić information content (AvgIpc) is 2.04. The lowest BCUT2D eigenvalue weighted by atomic mass is 10.1. The van der Waals surface area contributed by atoms with E-state index in [2.05, 4.69) is 30.1 Å². The van der Waals surface area contributed by atoms with Gasteiger partial charge in [-0.05, 0) is 18.4 Å². The summed E-state index contributed by atoms with van der Waals surface area (Å²) in [5, 5.41) is 2.47. The highest BCUT2D eigenvalue weighted by Gasteiger charge is 1.90. The van der Waals surface area contributed by atoms with Gasteiger partial charge in [-0.3, -0.25) is 4.98 Å². The van der Waals surface area contributed by atoms with E-state index >= 15 is 0 Å². The molecule has 0 spiro atoms. The van der Waals surface area contributed by atoms with E-state index in [1.54, 1.807) is 0 Å². The van der Waals surface area contributed by atoms with E-state index in [4.69, 9.17) is 0 Å². The predicted molar refractivity (Wildman–Crippen MR) is 53.2 cm³/mol. The van der Waals surface area contributed by atoms with Gasteiger partial charge in [-0.1, -0.05) is 31.2 Å². The lowest BCUT2D eigenvalue weighted by Crippen LogP contribution is -1.75. The van der Waals surface area contributed by atoms with Gasteiger partial charge in [0, 0.05) is 17.8 Å². The molecule has 0 aliphatic rings. The summed E-state index contributed by atoms with van der Waals surface area (Å²) in [6.07, 6.45) is 3.70. The molecule has 0 amide bonds. The van der Waals surface area contributed by atoms with Gasteiger partial charge in [-0.2, -0.15) is 0 Å². The van der Waals surface area contributed by atoms with Gasteiger partial charge >= 0.3 is 0 Å². The molecule has 0 N–H and O–H groups in total. The van der Waals surface area contributed by atoms with Crippen molar-refractivity contribution < 1.29 is 0 Å². The minimum atomic E-state index is 0. The Balaban J connectivity index is 0.000000720. The summed E-state index contributed by atoms with van der Waals surface area (Å²) in [5.74, 6) is 0. The van der Waals surface area contributed by atoms with E-state index in [0.717, 1.165) is 0 Å². The van der Waals surface area contributed by atoms with E-state index in [9.17, 15) is 0 Å². The number of hydrogen-bond donors (Lipinski definition) is 0. The van der Waals surface area contributed by atoms with Crippen molar-refractivity contribution in [1.29, 1.82) is 0 Å². The first kappa shape index (κ1) is 8.72. The van der Waals surface area contributed by atoms with Crippen LogP contribution < -0.4 is 0 Å². The number of hydrogen-bond acceptors (Lipinski definition) is 1. The van der Waals surface area contributed by atoms with Crippen LogP contribution in [0.3, 0.4) is 0 Å². The van der Waals surface area contributed by atoms with Crippen LogP contribution in [0.1, 0.15) is 13.0 Å². The highest BCUT2D eigenvalue weighted by atomic mass is 14.6. The second-order valence-corrected chi connectivity index (χ2v) is 2.73. The molecule has 1 aromatic heterocycles. The number of aryl methyl sites for hydroxylation is 1. The lowest BCUT2D eigenvalue weighted by molar-refractivity contribution is 1.36. The van der Waals surface area contributed by atoms with Crippen LogP contribution in [0.5, 0.6) is 0 Å². The third-order valence-corrected chi connectivity index (χ3v) is 1.80. The molecule has 0 saturated heterocycles. The van der Waals surface area contributed by atoms with Crippen molar-refractivity contribution in [3.63, 3.8) is 0 Å². The van der Waals surface area contributed by atoms with Crippen LogP contribution in [0.25, 0.3) is 10.8 Å². The monoisotopic (exact) mass is 159 g/mol. The molecule has 0 fully saturated rings. The Morgan fingerprint density at radius 1 is 1.08 bits per heavy atom. The Kier molecular flexibility index (Phi) is 2.44. The summed E-state index contributed by atoms with van der Waals surface area (Å²) in [7, 11) is 0. The molecule has 1 aromatic carbocycles.